The molecule has 0 unspecified atom stereocenters. The number of benzene rings is 2. The van der Waals surface area contributed by atoms with Crippen LogP contribution in [-0.2, 0) is 0 Å². The van der Waals surface area contributed by atoms with Crippen molar-refractivity contribution in [3.8, 4) is 6.07 Å². The number of nitrogens with zero attached hydrogens (tertiary/aromatic N) is 1. The summed E-state index contributed by atoms with van der Waals surface area (Å²) < 4.78 is 13.6. The predicted molar refractivity (Wildman–Crippen MR) is 78.8 cm³/mol. The van der Waals surface area contributed by atoms with Crippen LogP contribution in [0.3, 0.4) is 0 Å². The molecule has 0 aromatic heterocycles. The molecule has 0 N–H and O–H groups in total. The summed E-state index contributed by atoms with van der Waals surface area (Å²) >= 11 is 9.52. The topological polar surface area (TPSA) is 23.8 Å². The smallest absolute Gasteiger partial charge is 0.124 e. The van der Waals surface area contributed by atoms with Crippen molar-refractivity contribution in [1.29, 1.82) is 5.26 Å². The normalized spacial score (nSPS) is 11.7. The van der Waals surface area contributed by atoms with E-state index < -0.39 is 0 Å². The largest absolute Gasteiger partial charge is 0.207 e. The summed E-state index contributed by atoms with van der Waals surface area (Å²) in [4.78, 5) is 0. The summed E-state index contributed by atoms with van der Waals surface area (Å²) in [5.74, 6) is -0.363. The minimum Gasteiger partial charge on any atom is -0.207 e. The van der Waals surface area contributed by atoms with Gasteiger partial charge in [0, 0.05) is 10.0 Å². The van der Waals surface area contributed by atoms with Gasteiger partial charge in [-0.2, -0.15) is 5.26 Å². The van der Waals surface area contributed by atoms with E-state index in [4.69, 9.17) is 11.6 Å². The zero-order chi connectivity index (χ0) is 13.8. The SMILES string of the molecule is N#CC(=C(Cl)c1ccc(F)cc1Br)c1ccccc1. The fourth-order valence-corrected chi connectivity index (χ4v) is 2.63. The molecule has 0 amide bonds. The number of halogens is 3. The van der Waals surface area contributed by atoms with Crippen molar-refractivity contribution >= 4 is 38.1 Å². The average Bonchev–Trinajstić information content (AvgIpc) is 2.40. The third kappa shape index (κ3) is 3.04. The second kappa shape index (κ2) is 6.01. The Morgan fingerprint density at radius 2 is 1.84 bits per heavy atom. The summed E-state index contributed by atoms with van der Waals surface area (Å²) in [7, 11) is 0. The molecular weight excluding hydrogens is 329 g/mol. The molecule has 0 aliphatic rings. The first-order chi connectivity index (χ1) is 9.13. The van der Waals surface area contributed by atoms with E-state index >= 15 is 0 Å². The molecule has 0 radical (unpaired) electrons. The molecule has 0 spiro atoms. The Morgan fingerprint density at radius 1 is 1.16 bits per heavy atom. The van der Waals surface area contributed by atoms with Crippen LogP contribution in [0.1, 0.15) is 11.1 Å². The Labute approximate surface area is 124 Å². The summed E-state index contributed by atoms with van der Waals surface area (Å²) in [6, 6.07) is 15.4. The summed E-state index contributed by atoms with van der Waals surface area (Å²) in [5, 5.41) is 9.57. The van der Waals surface area contributed by atoms with Crippen molar-refractivity contribution in [2.75, 3.05) is 0 Å². The van der Waals surface area contributed by atoms with Crippen LogP contribution in [0.5, 0.6) is 0 Å². The van der Waals surface area contributed by atoms with Gasteiger partial charge in [0.1, 0.15) is 11.9 Å². The van der Waals surface area contributed by atoms with Gasteiger partial charge in [-0.1, -0.05) is 57.9 Å². The molecule has 2 aromatic rings. The van der Waals surface area contributed by atoms with Crippen LogP contribution in [-0.4, -0.2) is 0 Å². The van der Waals surface area contributed by atoms with Gasteiger partial charge in [0.2, 0.25) is 0 Å². The van der Waals surface area contributed by atoms with E-state index in [9.17, 15) is 9.65 Å². The van der Waals surface area contributed by atoms with Crippen LogP contribution in [0.4, 0.5) is 4.39 Å². The lowest BCUT2D eigenvalue weighted by molar-refractivity contribution is 0.627. The standard InChI is InChI=1S/C15H8BrClFN/c16-14-8-11(18)6-7-12(14)15(17)13(9-19)10-4-2-1-3-5-10/h1-8H. The van der Waals surface area contributed by atoms with Crippen LogP contribution in [0, 0.1) is 17.1 Å². The fourth-order valence-electron chi connectivity index (χ4n) is 1.65. The quantitative estimate of drug-likeness (QED) is 0.545. The second-order valence-electron chi connectivity index (χ2n) is 3.79. The Balaban J connectivity index is 2.59. The van der Waals surface area contributed by atoms with Crippen molar-refractivity contribution in [2.45, 2.75) is 0 Å². The average molecular weight is 337 g/mol. The Kier molecular flexibility index (Phi) is 4.36. The molecule has 0 saturated carbocycles. The highest BCUT2D eigenvalue weighted by molar-refractivity contribution is 9.10. The van der Waals surface area contributed by atoms with Gasteiger partial charge in [0.15, 0.2) is 0 Å². The van der Waals surface area contributed by atoms with Crippen molar-refractivity contribution in [3.63, 3.8) is 0 Å². The molecule has 0 heterocycles. The minimum atomic E-state index is -0.363. The van der Waals surface area contributed by atoms with Crippen LogP contribution in [0.15, 0.2) is 53.0 Å². The van der Waals surface area contributed by atoms with Crippen molar-refractivity contribution < 1.29 is 4.39 Å². The highest BCUT2D eigenvalue weighted by atomic mass is 79.9. The maximum Gasteiger partial charge on any atom is 0.124 e. The fraction of sp³-hybridized carbons (Fsp3) is 0. The molecule has 4 heteroatoms. The first-order valence-corrected chi connectivity index (χ1v) is 6.61. The van der Waals surface area contributed by atoms with E-state index in [0.717, 1.165) is 5.56 Å². The van der Waals surface area contributed by atoms with Gasteiger partial charge in [-0.15, -0.1) is 0 Å². The van der Waals surface area contributed by atoms with Gasteiger partial charge < -0.3 is 0 Å². The van der Waals surface area contributed by atoms with Gasteiger partial charge >= 0.3 is 0 Å². The molecular formula is C15H8BrClFN. The van der Waals surface area contributed by atoms with E-state index in [1.807, 2.05) is 18.2 Å². The van der Waals surface area contributed by atoms with Gasteiger partial charge in [0.25, 0.3) is 0 Å². The molecule has 2 rings (SSSR count). The monoisotopic (exact) mass is 335 g/mol. The molecule has 0 atom stereocenters. The lowest BCUT2D eigenvalue weighted by Gasteiger charge is -2.06. The van der Waals surface area contributed by atoms with Crippen LogP contribution in [0.2, 0.25) is 0 Å². The first kappa shape index (κ1) is 13.8. The lowest BCUT2D eigenvalue weighted by atomic mass is 10.0. The highest BCUT2D eigenvalue weighted by Crippen LogP contribution is 2.33. The summed E-state index contributed by atoms with van der Waals surface area (Å²) in [6.07, 6.45) is 0. The molecule has 0 fully saturated rings. The van der Waals surface area contributed by atoms with E-state index in [-0.39, 0.29) is 5.82 Å². The third-order valence-electron chi connectivity index (χ3n) is 2.56. The molecule has 2 aromatic carbocycles. The molecule has 94 valence electrons. The van der Waals surface area contributed by atoms with Gasteiger partial charge in [-0.3, -0.25) is 0 Å². The maximum absolute atomic E-state index is 13.1. The Morgan fingerprint density at radius 3 is 2.42 bits per heavy atom. The maximum atomic E-state index is 13.1. The minimum absolute atomic E-state index is 0.292. The van der Waals surface area contributed by atoms with E-state index in [2.05, 4.69) is 22.0 Å². The van der Waals surface area contributed by atoms with Gasteiger partial charge in [-0.25, -0.2) is 4.39 Å². The Hall–Kier alpha value is -1.63. The Bertz CT molecular complexity index is 674. The van der Waals surface area contributed by atoms with Crippen LogP contribution >= 0.6 is 27.5 Å². The van der Waals surface area contributed by atoms with Crippen LogP contribution < -0.4 is 0 Å². The molecule has 1 nitrogen and oxygen atoms in total. The summed E-state index contributed by atoms with van der Waals surface area (Å²) in [6.45, 7) is 0. The molecule has 0 bridgehead atoms. The predicted octanol–water partition coefficient (Wildman–Crippen LogP) is 5.22. The van der Waals surface area contributed by atoms with Crippen LogP contribution in [0.25, 0.3) is 10.6 Å². The number of allylic oxidation sites excluding steroid dienone is 1. The van der Waals surface area contributed by atoms with Gasteiger partial charge in [0.05, 0.1) is 10.6 Å². The highest BCUT2D eigenvalue weighted by Gasteiger charge is 2.12. The van der Waals surface area contributed by atoms with E-state index in [1.54, 1.807) is 18.2 Å². The lowest BCUT2D eigenvalue weighted by Crippen LogP contribution is -1.88. The van der Waals surface area contributed by atoms with E-state index in [0.29, 0.717) is 20.6 Å². The molecule has 0 aliphatic carbocycles. The van der Waals surface area contributed by atoms with E-state index in [1.165, 1.54) is 12.1 Å². The molecule has 0 saturated heterocycles. The zero-order valence-corrected chi connectivity index (χ0v) is 12.0. The van der Waals surface area contributed by atoms with Crippen molar-refractivity contribution in [1.82, 2.24) is 0 Å². The second-order valence-corrected chi connectivity index (χ2v) is 5.02. The summed E-state index contributed by atoms with van der Waals surface area (Å²) in [5.41, 5.74) is 1.67. The first-order valence-electron chi connectivity index (χ1n) is 5.44. The van der Waals surface area contributed by atoms with Gasteiger partial charge in [-0.05, 0) is 23.8 Å². The number of hydrogen-bond acceptors (Lipinski definition) is 1. The van der Waals surface area contributed by atoms with Crippen molar-refractivity contribution in [3.05, 3.63) is 69.9 Å². The molecule has 19 heavy (non-hydrogen) atoms. The number of rotatable bonds is 2. The zero-order valence-electron chi connectivity index (χ0n) is 9.70. The number of nitriles is 1. The number of hydrogen-bond donors (Lipinski definition) is 0. The third-order valence-corrected chi connectivity index (χ3v) is 3.61. The van der Waals surface area contributed by atoms with Crippen molar-refractivity contribution in [2.24, 2.45) is 0 Å². The molecule has 0 aliphatic heterocycles.